The molecule has 1 aromatic rings. The number of rotatable bonds is 14. The third-order valence-electron chi connectivity index (χ3n) is 3.72. The van der Waals surface area contributed by atoms with E-state index >= 15 is 0 Å². The molecule has 0 saturated heterocycles. The van der Waals surface area contributed by atoms with Crippen LogP contribution in [0.2, 0.25) is 0 Å². The van der Waals surface area contributed by atoms with Crippen LogP contribution in [0, 0.1) is 10.1 Å². The van der Waals surface area contributed by atoms with Crippen LogP contribution in [0.1, 0.15) is 38.2 Å². The molecular formula is C18H25N3O8. The monoisotopic (exact) mass is 411 g/mol. The number of nitro groups is 1. The van der Waals surface area contributed by atoms with Crippen molar-refractivity contribution < 1.29 is 34.2 Å². The molecule has 29 heavy (non-hydrogen) atoms. The zero-order valence-corrected chi connectivity index (χ0v) is 16.4. The number of unbranched alkanes of at least 4 members (excludes halogenated alkanes) is 3. The van der Waals surface area contributed by atoms with Gasteiger partial charge in [-0.25, -0.2) is 0 Å². The molecule has 1 rings (SSSR count). The number of hydrazone groups is 1. The molecule has 0 heterocycles. The van der Waals surface area contributed by atoms with E-state index in [0.29, 0.717) is 6.61 Å². The Labute approximate surface area is 167 Å². The Morgan fingerprint density at radius 1 is 1.21 bits per heavy atom. The van der Waals surface area contributed by atoms with E-state index in [1.54, 1.807) is 0 Å². The molecule has 11 heteroatoms. The summed E-state index contributed by atoms with van der Waals surface area (Å²) in [5, 5.41) is 33.7. The highest BCUT2D eigenvalue weighted by molar-refractivity contribution is 5.83. The van der Waals surface area contributed by atoms with Crippen molar-refractivity contribution in [1.82, 2.24) is 5.01 Å². The number of hydrogen-bond donors (Lipinski definition) is 2. The summed E-state index contributed by atoms with van der Waals surface area (Å²) < 4.78 is 10.8. The maximum absolute atomic E-state index is 11.5. The van der Waals surface area contributed by atoms with Gasteiger partial charge in [0.15, 0.2) is 5.75 Å². The summed E-state index contributed by atoms with van der Waals surface area (Å²) in [4.78, 5) is 32.5. The van der Waals surface area contributed by atoms with Gasteiger partial charge in [-0.15, -0.1) is 0 Å². The summed E-state index contributed by atoms with van der Waals surface area (Å²) in [6, 6.07) is 2.64. The van der Waals surface area contributed by atoms with Crippen LogP contribution < -0.4 is 9.47 Å². The first-order valence-corrected chi connectivity index (χ1v) is 9.00. The van der Waals surface area contributed by atoms with E-state index < -0.39 is 30.0 Å². The fraction of sp³-hybridized carbons (Fsp3) is 0.500. The maximum Gasteiger partial charge on any atom is 0.324 e. The number of carboxylic acid groups (broad SMARTS) is 2. The van der Waals surface area contributed by atoms with Crippen LogP contribution in [0.4, 0.5) is 5.69 Å². The fourth-order valence-corrected chi connectivity index (χ4v) is 2.42. The van der Waals surface area contributed by atoms with Crippen LogP contribution in [-0.4, -0.2) is 65.1 Å². The van der Waals surface area contributed by atoms with E-state index in [4.69, 9.17) is 19.7 Å². The molecule has 1 aromatic carbocycles. The zero-order valence-electron chi connectivity index (χ0n) is 16.4. The van der Waals surface area contributed by atoms with Gasteiger partial charge < -0.3 is 19.7 Å². The van der Waals surface area contributed by atoms with Crippen molar-refractivity contribution >= 4 is 23.8 Å². The van der Waals surface area contributed by atoms with Crippen LogP contribution in [0.5, 0.6) is 11.5 Å². The Kier molecular flexibility index (Phi) is 9.92. The average Bonchev–Trinajstić information content (AvgIpc) is 2.64. The molecule has 11 nitrogen and oxygen atoms in total. The van der Waals surface area contributed by atoms with Gasteiger partial charge in [-0.2, -0.15) is 5.10 Å². The van der Waals surface area contributed by atoms with E-state index in [0.717, 1.165) is 36.9 Å². The summed E-state index contributed by atoms with van der Waals surface area (Å²) in [5.74, 6) is -2.41. The lowest BCUT2D eigenvalue weighted by molar-refractivity contribution is -0.386. The molecule has 0 aromatic heterocycles. The minimum absolute atomic E-state index is 0.000855. The SMILES string of the molecule is CCCCCCOc1c(OC)cc(/C=N\N(CC(=O)O)CC(=O)O)cc1[N+](=O)[O-]. The molecule has 0 bridgehead atoms. The molecule has 0 aliphatic rings. The van der Waals surface area contributed by atoms with Crippen LogP contribution >= 0.6 is 0 Å². The zero-order chi connectivity index (χ0) is 21.8. The van der Waals surface area contributed by atoms with Crippen LogP contribution in [0.25, 0.3) is 0 Å². The van der Waals surface area contributed by atoms with Gasteiger partial charge in [-0.1, -0.05) is 26.2 Å². The minimum atomic E-state index is -1.27. The third-order valence-corrected chi connectivity index (χ3v) is 3.72. The highest BCUT2D eigenvalue weighted by Gasteiger charge is 2.22. The van der Waals surface area contributed by atoms with Crippen molar-refractivity contribution in [1.29, 1.82) is 0 Å². The molecule has 0 aliphatic heterocycles. The quantitative estimate of drug-likeness (QED) is 0.203. The molecule has 0 atom stereocenters. The molecule has 0 spiro atoms. The van der Waals surface area contributed by atoms with Crippen molar-refractivity contribution in [2.75, 3.05) is 26.8 Å². The van der Waals surface area contributed by atoms with Crippen LogP contribution in [0.15, 0.2) is 17.2 Å². The first kappa shape index (κ1) is 23.7. The normalized spacial score (nSPS) is 10.7. The van der Waals surface area contributed by atoms with Crippen molar-refractivity contribution in [2.24, 2.45) is 5.10 Å². The number of benzene rings is 1. The topological polar surface area (TPSA) is 152 Å². The largest absolute Gasteiger partial charge is 0.493 e. The van der Waals surface area contributed by atoms with Crippen molar-refractivity contribution in [3.8, 4) is 11.5 Å². The second-order valence-electron chi connectivity index (χ2n) is 6.09. The standard InChI is InChI=1S/C18H25N3O8/c1-3-4-5-6-7-29-18-14(21(26)27)8-13(9-15(18)28-2)10-19-20(11-16(22)23)12-17(24)25/h8-10H,3-7,11-12H2,1-2H3,(H,22,23)(H,24,25)/b19-10-. The lowest BCUT2D eigenvalue weighted by Gasteiger charge is -2.14. The number of carboxylic acids is 2. The van der Waals surface area contributed by atoms with Crippen molar-refractivity contribution in [3.05, 3.63) is 27.8 Å². The minimum Gasteiger partial charge on any atom is -0.493 e. The average molecular weight is 411 g/mol. The van der Waals surface area contributed by atoms with Crippen LogP contribution in [-0.2, 0) is 9.59 Å². The molecule has 2 N–H and O–H groups in total. The van der Waals surface area contributed by atoms with E-state index in [-0.39, 0.29) is 22.7 Å². The smallest absolute Gasteiger partial charge is 0.324 e. The van der Waals surface area contributed by atoms with Gasteiger partial charge in [-0.05, 0) is 12.5 Å². The summed E-state index contributed by atoms with van der Waals surface area (Å²) in [6.45, 7) is 1.10. The first-order valence-electron chi connectivity index (χ1n) is 9.00. The van der Waals surface area contributed by atoms with E-state index in [2.05, 4.69) is 12.0 Å². The number of aliphatic carboxylic acids is 2. The van der Waals surface area contributed by atoms with E-state index in [1.165, 1.54) is 19.2 Å². The highest BCUT2D eigenvalue weighted by Crippen LogP contribution is 2.38. The second kappa shape index (κ2) is 12.2. The Hall–Kier alpha value is -3.37. The molecule has 0 radical (unpaired) electrons. The van der Waals surface area contributed by atoms with E-state index in [9.17, 15) is 19.7 Å². The van der Waals surface area contributed by atoms with Crippen LogP contribution in [0.3, 0.4) is 0 Å². The summed E-state index contributed by atoms with van der Waals surface area (Å²) in [7, 11) is 1.34. The number of carbonyl (C=O) groups is 2. The van der Waals surface area contributed by atoms with Crippen molar-refractivity contribution in [3.63, 3.8) is 0 Å². The Morgan fingerprint density at radius 2 is 1.86 bits per heavy atom. The van der Waals surface area contributed by atoms with Gasteiger partial charge in [0.05, 0.1) is 24.9 Å². The Bertz CT molecular complexity index is 735. The summed E-state index contributed by atoms with van der Waals surface area (Å²) >= 11 is 0. The number of nitro benzene ring substituents is 1. The maximum atomic E-state index is 11.5. The molecular weight excluding hydrogens is 386 g/mol. The third kappa shape index (κ3) is 8.45. The van der Waals surface area contributed by atoms with E-state index in [1.807, 2.05) is 0 Å². The fourth-order valence-electron chi connectivity index (χ4n) is 2.42. The lowest BCUT2D eigenvalue weighted by atomic mass is 10.1. The predicted molar refractivity (Wildman–Crippen MR) is 104 cm³/mol. The molecule has 0 fully saturated rings. The van der Waals surface area contributed by atoms with Gasteiger partial charge in [0.2, 0.25) is 5.75 Å². The number of hydrogen-bond acceptors (Lipinski definition) is 8. The summed E-state index contributed by atoms with van der Waals surface area (Å²) in [6.07, 6.45) is 4.92. The highest BCUT2D eigenvalue weighted by atomic mass is 16.6. The molecule has 160 valence electrons. The predicted octanol–water partition coefficient (Wildman–Crippen LogP) is 2.37. The molecule has 0 aliphatic carbocycles. The van der Waals surface area contributed by atoms with Gasteiger partial charge in [-0.3, -0.25) is 24.7 Å². The second-order valence-corrected chi connectivity index (χ2v) is 6.09. The molecule has 0 saturated carbocycles. The lowest BCUT2D eigenvalue weighted by Crippen LogP contribution is -2.30. The Balaban J connectivity index is 3.09. The first-order chi connectivity index (χ1) is 13.8. The Morgan fingerprint density at radius 3 is 2.38 bits per heavy atom. The number of ether oxygens (including phenoxy) is 2. The van der Waals surface area contributed by atoms with Gasteiger partial charge in [0.25, 0.3) is 0 Å². The molecule has 0 amide bonds. The number of methoxy groups -OCH3 is 1. The summed E-state index contributed by atoms with van der Waals surface area (Å²) in [5.41, 5.74) is -0.100. The molecule has 0 unspecified atom stereocenters. The van der Waals surface area contributed by atoms with Gasteiger partial charge in [0, 0.05) is 11.6 Å². The van der Waals surface area contributed by atoms with Crippen molar-refractivity contribution in [2.45, 2.75) is 32.6 Å². The van der Waals surface area contributed by atoms with Gasteiger partial charge in [0.1, 0.15) is 13.1 Å². The number of nitrogens with zero attached hydrogens (tertiary/aromatic N) is 3. The van der Waals surface area contributed by atoms with Gasteiger partial charge >= 0.3 is 17.6 Å².